The smallest absolute Gasteiger partial charge is 0.377 e. The Morgan fingerprint density at radius 2 is 1.69 bits per heavy atom. The Balaban J connectivity index is 0.000000385. The van der Waals surface area contributed by atoms with Crippen molar-refractivity contribution in [1.82, 2.24) is 0 Å². The average molecular weight is 291 g/mol. The molecule has 0 saturated heterocycles. The van der Waals surface area contributed by atoms with Crippen molar-refractivity contribution >= 4 is 28.6 Å². The first-order valence-corrected chi connectivity index (χ1v) is 7.47. The zero-order chi connectivity index (χ0) is 12.8. The fraction of sp³-hybridized carbons (Fsp3) is 0.250. The molecule has 3 N–H and O–H groups in total. The average Bonchev–Trinajstić information content (AvgIpc) is 2.15. The molecule has 1 rings (SSSR count). The Kier molecular flexibility index (Phi) is 7.15. The molecule has 0 heterocycles. The van der Waals surface area contributed by atoms with E-state index in [1.807, 2.05) is 0 Å². The molecule has 16 heavy (non-hydrogen) atoms. The Morgan fingerprint density at radius 3 is 2.00 bits per heavy atom. The van der Waals surface area contributed by atoms with E-state index in [1.165, 1.54) is 24.3 Å². The van der Waals surface area contributed by atoms with Gasteiger partial charge in [0, 0.05) is 0 Å². The van der Waals surface area contributed by atoms with Gasteiger partial charge in [0.1, 0.15) is 11.9 Å². The quantitative estimate of drug-likeness (QED) is 0.731. The molecule has 0 aliphatic heterocycles. The lowest BCUT2D eigenvalue weighted by Crippen LogP contribution is -2.01. The lowest BCUT2D eigenvalue weighted by atomic mass is 10.1. The molecule has 0 aliphatic rings. The van der Waals surface area contributed by atoms with E-state index in [2.05, 4.69) is 22.5 Å². The van der Waals surface area contributed by atoms with Crippen molar-refractivity contribution in [3.8, 4) is 0 Å². The summed E-state index contributed by atoms with van der Waals surface area (Å²) in [5, 5.41) is 17.6. The molecule has 4 nitrogen and oxygen atoms in total. The second-order valence-corrected chi connectivity index (χ2v) is 6.82. The first kappa shape index (κ1) is 15.8. The predicted molar refractivity (Wildman–Crippen MR) is 60.0 cm³/mol. The second-order valence-electron chi connectivity index (χ2n) is 2.68. The second kappa shape index (κ2) is 7.22. The fourth-order valence-electron chi connectivity index (χ4n) is 0.790. The fourth-order valence-corrected chi connectivity index (χ4v) is 0.790. The molecule has 0 saturated carbocycles. The topological polar surface area (TPSA) is 77.8 Å². The Morgan fingerprint density at radius 1 is 1.31 bits per heavy atom. The summed E-state index contributed by atoms with van der Waals surface area (Å²) in [6.45, 7) is -0.342. The van der Waals surface area contributed by atoms with Crippen molar-refractivity contribution < 1.29 is 24.1 Å². The third kappa shape index (κ3) is 9.09. The van der Waals surface area contributed by atoms with Crippen LogP contribution in [0.25, 0.3) is 0 Å². The third-order valence-corrected chi connectivity index (χ3v) is 1.43. The van der Waals surface area contributed by atoms with E-state index in [-0.39, 0.29) is 12.4 Å². The summed E-state index contributed by atoms with van der Waals surface area (Å²) in [5.74, 6) is -0.348. The Bertz CT molecular complexity index is 345. The summed E-state index contributed by atoms with van der Waals surface area (Å²) in [4.78, 5) is 7.61. The Hall–Kier alpha value is -0.160. The molecule has 1 unspecified atom stereocenters. The van der Waals surface area contributed by atoms with Gasteiger partial charge in [0.15, 0.2) is 0 Å². The zero-order valence-electron chi connectivity index (χ0n) is 7.92. The van der Waals surface area contributed by atoms with Gasteiger partial charge in [0.25, 0.3) is 0 Å². The highest BCUT2D eigenvalue weighted by Gasteiger charge is 2.04. The van der Waals surface area contributed by atoms with Gasteiger partial charge in [-0.2, -0.15) is 0 Å². The van der Waals surface area contributed by atoms with Crippen molar-refractivity contribution in [2.45, 2.75) is 6.10 Å². The van der Waals surface area contributed by atoms with Crippen molar-refractivity contribution in [2.24, 2.45) is 0 Å². The summed E-state index contributed by atoms with van der Waals surface area (Å²) in [7, 11) is 0. The van der Waals surface area contributed by atoms with E-state index in [0.29, 0.717) is 5.56 Å². The number of aliphatic hydroxyl groups excluding tert-OH is 2. The maximum atomic E-state index is 12.3. The monoisotopic (exact) mass is 290 g/mol. The van der Waals surface area contributed by atoms with Crippen LogP contribution in [0.15, 0.2) is 24.3 Å². The lowest BCUT2D eigenvalue weighted by molar-refractivity contribution is 0.0955. The molecular formula is C8H10Cl2FO4P. The summed E-state index contributed by atoms with van der Waals surface area (Å²) < 4.78 is 21.6. The van der Waals surface area contributed by atoms with E-state index >= 15 is 0 Å². The van der Waals surface area contributed by atoms with Crippen LogP contribution < -0.4 is 0 Å². The maximum Gasteiger partial charge on any atom is 0.377 e. The van der Waals surface area contributed by atoms with Crippen LogP contribution in [0.4, 0.5) is 4.39 Å². The van der Waals surface area contributed by atoms with Gasteiger partial charge in [-0.25, -0.2) is 4.39 Å². The van der Waals surface area contributed by atoms with Crippen LogP contribution in [0.1, 0.15) is 11.7 Å². The molecule has 0 aliphatic carbocycles. The van der Waals surface area contributed by atoms with Crippen LogP contribution >= 0.6 is 28.6 Å². The van der Waals surface area contributed by atoms with E-state index in [1.54, 1.807) is 0 Å². The molecule has 1 atom stereocenters. The number of hydrogen-bond acceptors (Lipinski definition) is 3. The van der Waals surface area contributed by atoms with Gasteiger partial charge >= 0.3 is 6.07 Å². The molecule has 8 heteroatoms. The molecular weight excluding hydrogens is 281 g/mol. The van der Waals surface area contributed by atoms with Crippen LogP contribution in [0.3, 0.4) is 0 Å². The Labute approximate surface area is 101 Å². The van der Waals surface area contributed by atoms with E-state index < -0.39 is 12.2 Å². The molecule has 1 aromatic carbocycles. The van der Waals surface area contributed by atoms with E-state index in [0.717, 1.165) is 0 Å². The maximum absolute atomic E-state index is 12.3. The SMILES string of the molecule is O=P(O)(Cl)Cl.OCC(O)c1ccc(F)cc1. The van der Waals surface area contributed by atoms with Gasteiger partial charge in [-0.3, -0.25) is 4.57 Å². The van der Waals surface area contributed by atoms with Gasteiger partial charge in [-0.05, 0) is 40.2 Å². The summed E-state index contributed by atoms with van der Waals surface area (Å²) in [6.07, 6.45) is -4.60. The predicted octanol–water partition coefficient (Wildman–Crippen LogP) is 2.42. The van der Waals surface area contributed by atoms with Crippen LogP contribution in [-0.4, -0.2) is 21.7 Å². The lowest BCUT2D eigenvalue weighted by Gasteiger charge is -2.05. The third-order valence-electron chi connectivity index (χ3n) is 1.43. The molecule has 0 fully saturated rings. The van der Waals surface area contributed by atoms with E-state index in [9.17, 15) is 8.96 Å². The number of benzene rings is 1. The van der Waals surface area contributed by atoms with Crippen molar-refractivity contribution in [2.75, 3.05) is 6.61 Å². The summed E-state index contributed by atoms with van der Waals surface area (Å²) in [6, 6.07) is 5.37. The van der Waals surface area contributed by atoms with E-state index in [4.69, 9.17) is 15.1 Å². The standard InChI is InChI=1S/C8H9FO2.Cl2HO2P/c9-7-3-1-6(2-4-7)8(11)5-10;1-5(2,3)4/h1-4,8,10-11H,5H2;(H,3,4). The van der Waals surface area contributed by atoms with Crippen molar-refractivity contribution in [1.29, 1.82) is 0 Å². The molecule has 0 amide bonds. The molecule has 0 radical (unpaired) electrons. The first-order chi connectivity index (χ1) is 7.24. The minimum Gasteiger partial charge on any atom is -0.393 e. The van der Waals surface area contributed by atoms with Crippen LogP contribution in [0, 0.1) is 5.82 Å². The number of halogens is 3. The largest absolute Gasteiger partial charge is 0.393 e. The van der Waals surface area contributed by atoms with Gasteiger partial charge < -0.3 is 15.1 Å². The summed E-state index contributed by atoms with van der Waals surface area (Å²) in [5.41, 5.74) is 0.522. The number of aliphatic hydroxyl groups is 2. The van der Waals surface area contributed by atoms with Crippen molar-refractivity contribution in [3.05, 3.63) is 35.6 Å². The minimum atomic E-state index is -3.69. The summed E-state index contributed by atoms with van der Waals surface area (Å²) >= 11 is 8.81. The highest BCUT2D eigenvalue weighted by molar-refractivity contribution is 8.04. The van der Waals surface area contributed by atoms with Gasteiger partial charge in [0.05, 0.1) is 6.61 Å². The number of hydrogen-bond donors (Lipinski definition) is 3. The highest BCUT2D eigenvalue weighted by Crippen LogP contribution is 2.51. The zero-order valence-corrected chi connectivity index (χ0v) is 10.3. The van der Waals surface area contributed by atoms with Gasteiger partial charge in [0.2, 0.25) is 0 Å². The molecule has 1 aromatic rings. The van der Waals surface area contributed by atoms with Gasteiger partial charge in [-0.1, -0.05) is 12.1 Å². The van der Waals surface area contributed by atoms with Crippen LogP contribution in [-0.2, 0) is 4.57 Å². The van der Waals surface area contributed by atoms with Crippen molar-refractivity contribution in [3.63, 3.8) is 0 Å². The molecule has 0 bridgehead atoms. The molecule has 92 valence electrons. The van der Waals surface area contributed by atoms with Crippen LogP contribution in [0.5, 0.6) is 0 Å². The highest BCUT2D eigenvalue weighted by atomic mass is 35.9. The minimum absolute atomic E-state index is 0.342. The molecule has 0 spiro atoms. The van der Waals surface area contributed by atoms with Gasteiger partial charge in [-0.15, -0.1) is 0 Å². The molecule has 0 aromatic heterocycles. The normalized spacial score (nSPS) is 12.6. The van der Waals surface area contributed by atoms with Crippen LogP contribution in [0.2, 0.25) is 0 Å². The first-order valence-electron chi connectivity index (χ1n) is 4.00. The number of rotatable bonds is 2.